The van der Waals surface area contributed by atoms with Crippen molar-refractivity contribution in [2.24, 2.45) is 0 Å². The SMILES string of the molecule is O=C(NCCc1ccc2c(c1)OCO2)C1CCCN1C(=O)C(F)(F)F. The van der Waals surface area contributed by atoms with Gasteiger partial charge in [-0.15, -0.1) is 0 Å². The molecule has 1 N–H and O–H groups in total. The van der Waals surface area contributed by atoms with Gasteiger partial charge in [0, 0.05) is 13.1 Å². The molecule has 2 aliphatic rings. The van der Waals surface area contributed by atoms with Gasteiger partial charge in [0.1, 0.15) is 6.04 Å². The fourth-order valence-corrected chi connectivity index (χ4v) is 2.99. The van der Waals surface area contributed by atoms with Crippen LogP contribution in [0.4, 0.5) is 13.2 Å². The normalized spacial score (nSPS) is 19.2. The number of fused-ring (bicyclic) bond motifs is 1. The van der Waals surface area contributed by atoms with E-state index in [0.29, 0.717) is 29.2 Å². The lowest BCUT2D eigenvalue weighted by atomic mass is 10.1. The van der Waals surface area contributed by atoms with Crippen molar-refractivity contribution in [3.05, 3.63) is 23.8 Å². The van der Waals surface area contributed by atoms with Crippen LogP contribution in [0.2, 0.25) is 0 Å². The maximum atomic E-state index is 12.6. The molecule has 3 rings (SSSR count). The Morgan fingerprint density at radius 2 is 2.00 bits per heavy atom. The lowest BCUT2D eigenvalue weighted by molar-refractivity contribution is -0.186. The number of rotatable bonds is 4. The summed E-state index contributed by atoms with van der Waals surface area (Å²) in [7, 11) is 0. The standard InChI is InChI=1S/C16H17F3N2O4/c17-16(18,19)15(23)21-7-1-2-11(21)14(22)20-6-5-10-3-4-12-13(8-10)25-9-24-12/h3-4,8,11H,1-2,5-7,9H2,(H,20,22). The topological polar surface area (TPSA) is 67.9 Å². The van der Waals surface area contributed by atoms with Gasteiger partial charge in [0.25, 0.3) is 0 Å². The first-order valence-electron chi connectivity index (χ1n) is 7.90. The largest absolute Gasteiger partial charge is 0.471 e. The number of carbonyl (C=O) groups excluding carboxylic acids is 2. The number of hydrogen-bond acceptors (Lipinski definition) is 4. The quantitative estimate of drug-likeness (QED) is 0.888. The number of amides is 2. The van der Waals surface area contributed by atoms with Crippen LogP contribution in [-0.2, 0) is 16.0 Å². The van der Waals surface area contributed by atoms with Crippen molar-refractivity contribution in [1.82, 2.24) is 10.2 Å². The second kappa shape index (κ2) is 6.81. The first kappa shape index (κ1) is 17.4. The molecule has 0 saturated carbocycles. The van der Waals surface area contributed by atoms with Gasteiger partial charge >= 0.3 is 12.1 Å². The molecule has 1 fully saturated rings. The Labute approximate surface area is 141 Å². The Hall–Kier alpha value is -2.45. The van der Waals surface area contributed by atoms with Gasteiger partial charge in [-0.25, -0.2) is 0 Å². The van der Waals surface area contributed by atoms with Gasteiger partial charge in [-0.2, -0.15) is 13.2 Å². The molecule has 0 aromatic heterocycles. The molecular weight excluding hydrogens is 341 g/mol. The van der Waals surface area contributed by atoms with Crippen LogP contribution < -0.4 is 14.8 Å². The van der Waals surface area contributed by atoms with Crippen molar-refractivity contribution < 1.29 is 32.2 Å². The fourth-order valence-electron chi connectivity index (χ4n) is 2.99. The van der Waals surface area contributed by atoms with Gasteiger partial charge < -0.3 is 19.7 Å². The summed E-state index contributed by atoms with van der Waals surface area (Å²) in [6, 6.07) is 4.32. The predicted molar refractivity (Wildman–Crippen MR) is 80.1 cm³/mol. The number of benzene rings is 1. The zero-order valence-corrected chi connectivity index (χ0v) is 13.3. The molecule has 2 aliphatic heterocycles. The summed E-state index contributed by atoms with van der Waals surface area (Å²) in [6.45, 7) is 0.363. The second-order valence-electron chi connectivity index (χ2n) is 5.88. The summed E-state index contributed by atoms with van der Waals surface area (Å²) in [5, 5.41) is 2.60. The minimum atomic E-state index is -4.96. The molecule has 1 aromatic rings. The van der Waals surface area contributed by atoms with E-state index in [4.69, 9.17) is 9.47 Å². The second-order valence-corrected chi connectivity index (χ2v) is 5.88. The zero-order valence-electron chi connectivity index (χ0n) is 13.3. The maximum Gasteiger partial charge on any atom is 0.471 e. The van der Waals surface area contributed by atoms with Crippen molar-refractivity contribution in [2.45, 2.75) is 31.5 Å². The van der Waals surface area contributed by atoms with Crippen LogP contribution in [0.25, 0.3) is 0 Å². The number of carbonyl (C=O) groups is 2. The average Bonchev–Trinajstić information content (AvgIpc) is 3.21. The minimum Gasteiger partial charge on any atom is -0.454 e. The van der Waals surface area contributed by atoms with Gasteiger partial charge in [-0.3, -0.25) is 9.59 Å². The number of likely N-dealkylation sites (tertiary alicyclic amines) is 1. The fraction of sp³-hybridized carbons (Fsp3) is 0.500. The number of halogens is 3. The van der Waals surface area contributed by atoms with Crippen molar-refractivity contribution in [3.63, 3.8) is 0 Å². The van der Waals surface area contributed by atoms with Gasteiger partial charge in [0.2, 0.25) is 12.7 Å². The third-order valence-corrected chi connectivity index (χ3v) is 4.21. The van der Waals surface area contributed by atoms with E-state index >= 15 is 0 Å². The zero-order chi connectivity index (χ0) is 18.0. The number of ether oxygens (including phenoxy) is 2. The summed E-state index contributed by atoms with van der Waals surface area (Å²) in [4.78, 5) is 24.1. The van der Waals surface area contributed by atoms with Gasteiger partial charge in [0.05, 0.1) is 0 Å². The lowest BCUT2D eigenvalue weighted by Gasteiger charge is -2.24. The van der Waals surface area contributed by atoms with Crippen LogP contribution in [0.3, 0.4) is 0 Å². The first-order chi connectivity index (χ1) is 11.9. The third-order valence-electron chi connectivity index (χ3n) is 4.21. The number of nitrogens with one attached hydrogen (secondary N) is 1. The highest BCUT2D eigenvalue weighted by Crippen LogP contribution is 2.32. The molecule has 0 aliphatic carbocycles. The van der Waals surface area contributed by atoms with E-state index in [1.54, 1.807) is 12.1 Å². The molecule has 2 amide bonds. The summed E-state index contributed by atoms with van der Waals surface area (Å²) < 4.78 is 48.2. The monoisotopic (exact) mass is 358 g/mol. The molecule has 9 heteroatoms. The number of nitrogens with zero attached hydrogens (tertiary/aromatic N) is 1. The molecule has 1 saturated heterocycles. The summed E-state index contributed by atoms with van der Waals surface area (Å²) in [5.41, 5.74) is 0.902. The molecule has 0 spiro atoms. The first-order valence-corrected chi connectivity index (χ1v) is 7.90. The molecule has 0 bridgehead atoms. The van der Waals surface area contributed by atoms with E-state index in [9.17, 15) is 22.8 Å². The molecule has 2 heterocycles. The Kier molecular flexibility index (Phi) is 4.73. The molecule has 136 valence electrons. The van der Waals surface area contributed by atoms with Crippen molar-refractivity contribution in [1.29, 1.82) is 0 Å². The van der Waals surface area contributed by atoms with Gasteiger partial charge in [0.15, 0.2) is 11.5 Å². The molecule has 1 unspecified atom stereocenters. The Morgan fingerprint density at radius 1 is 1.24 bits per heavy atom. The Bertz CT molecular complexity index is 678. The van der Waals surface area contributed by atoms with Gasteiger partial charge in [-0.1, -0.05) is 6.07 Å². The predicted octanol–water partition coefficient (Wildman–Crippen LogP) is 1.63. The highest BCUT2D eigenvalue weighted by atomic mass is 19.4. The molecule has 25 heavy (non-hydrogen) atoms. The van der Waals surface area contributed by atoms with Crippen LogP contribution in [0.15, 0.2) is 18.2 Å². The molecular formula is C16H17F3N2O4. The Morgan fingerprint density at radius 3 is 2.76 bits per heavy atom. The summed E-state index contributed by atoms with van der Waals surface area (Å²) in [5.74, 6) is -1.24. The van der Waals surface area contributed by atoms with Crippen LogP contribution in [0.1, 0.15) is 18.4 Å². The van der Waals surface area contributed by atoms with Crippen molar-refractivity contribution in [2.75, 3.05) is 19.9 Å². The van der Waals surface area contributed by atoms with E-state index < -0.39 is 24.0 Å². The molecule has 0 radical (unpaired) electrons. The van der Waals surface area contributed by atoms with Crippen LogP contribution >= 0.6 is 0 Å². The van der Waals surface area contributed by atoms with E-state index in [2.05, 4.69) is 5.32 Å². The maximum absolute atomic E-state index is 12.6. The van der Waals surface area contributed by atoms with Crippen LogP contribution in [0, 0.1) is 0 Å². The van der Waals surface area contributed by atoms with E-state index in [0.717, 1.165) is 5.56 Å². The highest BCUT2D eigenvalue weighted by Gasteiger charge is 2.47. The lowest BCUT2D eigenvalue weighted by Crippen LogP contribution is -2.50. The Balaban J connectivity index is 1.53. The third kappa shape index (κ3) is 3.80. The van der Waals surface area contributed by atoms with E-state index in [-0.39, 0.29) is 26.3 Å². The summed E-state index contributed by atoms with van der Waals surface area (Å²) >= 11 is 0. The molecule has 1 aromatic carbocycles. The number of alkyl halides is 3. The number of hydrogen-bond donors (Lipinski definition) is 1. The van der Waals surface area contributed by atoms with Crippen LogP contribution in [-0.4, -0.2) is 48.8 Å². The van der Waals surface area contributed by atoms with E-state index in [1.165, 1.54) is 0 Å². The van der Waals surface area contributed by atoms with E-state index in [1.807, 2.05) is 6.07 Å². The van der Waals surface area contributed by atoms with Gasteiger partial charge in [-0.05, 0) is 37.0 Å². The van der Waals surface area contributed by atoms with Crippen molar-refractivity contribution >= 4 is 11.8 Å². The molecule has 6 nitrogen and oxygen atoms in total. The average molecular weight is 358 g/mol. The highest BCUT2D eigenvalue weighted by molar-refractivity contribution is 5.90. The minimum absolute atomic E-state index is 0.0570. The van der Waals surface area contributed by atoms with Crippen molar-refractivity contribution in [3.8, 4) is 11.5 Å². The smallest absolute Gasteiger partial charge is 0.454 e. The molecule has 1 atom stereocenters. The summed E-state index contributed by atoms with van der Waals surface area (Å²) in [6.07, 6.45) is -3.86. The van der Waals surface area contributed by atoms with Crippen LogP contribution in [0.5, 0.6) is 11.5 Å².